The molecule has 4 N–H and O–H groups in total. The molecule has 1 heterocycles. The van der Waals surface area contributed by atoms with E-state index in [1.54, 1.807) is 12.1 Å². The van der Waals surface area contributed by atoms with Crippen LogP contribution in [0.3, 0.4) is 0 Å². The monoisotopic (exact) mass is 410 g/mol. The van der Waals surface area contributed by atoms with Crippen molar-refractivity contribution in [1.82, 2.24) is 10.9 Å². The number of halogens is 3. The maximum absolute atomic E-state index is 14.1. The van der Waals surface area contributed by atoms with Crippen molar-refractivity contribution in [3.63, 3.8) is 0 Å². The van der Waals surface area contributed by atoms with Gasteiger partial charge in [-0.15, -0.1) is 0 Å². The minimum Gasteiger partial charge on any atom is -0.508 e. The third-order valence-electron chi connectivity index (χ3n) is 5.18. The highest BCUT2D eigenvalue weighted by Crippen LogP contribution is 2.36. The van der Waals surface area contributed by atoms with E-state index in [9.17, 15) is 28.2 Å². The van der Waals surface area contributed by atoms with Crippen LogP contribution in [0.1, 0.15) is 23.5 Å². The van der Waals surface area contributed by atoms with Gasteiger partial charge in [0.2, 0.25) is 0 Å². The lowest BCUT2D eigenvalue weighted by molar-refractivity contribution is -0.141. The third kappa shape index (κ3) is 4.69. The summed E-state index contributed by atoms with van der Waals surface area (Å²) in [6, 6.07) is 6.78. The number of nitrogens with one attached hydrogen (secondary N) is 2. The molecule has 2 aromatic rings. The number of aliphatic hydroxyl groups excluding tert-OH is 1. The SMILES string of the molecule is COC(=O)CC(c1ccc(O)cc1)C1C(O)NNC1Cc1cc(F)c(F)cc1F. The molecule has 9 heteroatoms. The van der Waals surface area contributed by atoms with Crippen LogP contribution in [-0.4, -0.2) is 35.6 Å². The lowest BCUT2D eigenvalue weighted by Crippen LogP contribution is -2.36. The van der Waals surface area contributed by atoms with E-state index >= 15 is 0 Å². The van der Waals surface area contributed by atoms with E-state index in [0.717, 1.165) is 6.07 Å². The predicted octanol–water partition coefficient (Wildman–Crippen LogP) is 2.11. The van der Waals surface area contributed by atoms with Crippen LogP contribution in [0.15, 0.2) is 36.4 Å². The Balaban J connectivity index is 1.93. The molecule has 6 nitrogen and oxygen atoms in total. The van der Waals surface area contributed by atoms with Crippen LogP contribution in [0.4, 0.5) is 13.2 Å². The molecular formula is C20H21F3N2O4. The number of carbonyl (C=O) groups excluding carboxylic acids is 1. The number of phenolic OH excluding ortho intramolecular Hbond substituents is 1. The zero-order valence-electron chi connectivity index (χ0n) is 15.5. The highest BCUT2D eigenvalue weighted by molar-refractivity contribution is 5.70. The number of aliphatic hydroxyl groups is 1. The number of esters is 1. The van der Waals surface area contributed by atoms with Crippen LogP contribution in [0, 0.1) is 23.4 Å². The number of hydrazine groups is 1. The maximum Gasteiger partial charge on any atom is 0.306 e. The van der Waals surface area contributed by atoms with Gasteiger partial charge in [0.05, 0.1) is 13.5 Å². The zero-order valence-corrected chi connectivity index (χ0v) is 15.5. The van der Waals surface area contributed by atoms with Gasteiger partial charge >= 0.3 is 5.97 Å². The van der Waals surface area contributed by atoms with Crippen LogP contribution in [0.25, 0.3) is 0 Å². The Hall–Kier alpha value is -2.62. The summed E-state index contributed by atoms with van der Waals surface area (Å²) in [7, 11) is 1.24. The first-order valence-electron chi connectivity index (χ1n) is 8.98. The number of methoxy groups -OCH3 is 1. The molecule has 0 bridgehead atoms. The molecule has 0 spiro atoms. The number of aromatic hydroxyl groups is 1. The fourth-order valence-electron chi connectivity index (χ4n) is 3.71. The maximum atomic E-state index is 14.1. The molecule has 156 valence electrons. The predicted molar refractivity (Wildman–Crippen MR) is 97.1 cm³/mol. The second kappa shape index (κ2) is 8.81. The second-order valence-electron chi connectivity index (χ2n) is 6.96. The van der Waals surface area contributed by atoms with E-state index in [2.05, 4.69) is 10.9 Å². The van der Waals surface area contributed by atoms with Crippen LogP contribution in [0.5, 0.6) is 5.75 Å². The van der Waals surface area contributed by atoms with Gasteiger partial charge in [-0.05, 0) is 35.7 Å². The quantitative estimate of drug-likeness (QED) is 0.431. The highest BCUT2D eigenvalue weighted by Gasteiger charge is 2.42. The summed E-state index contributed by atoms with van der Waals surface area (Å²) >= 11 is 0. The first kappa shape index (κ1) is 21.1. The number of phenols is 1. The van der Waals surface area contributed by atoms with Gasteiger partial charge in [-0.2, -0.15) is 0 Å². The number of carbonyl (C=O) groups is 1. The average Bonchev–Trinajstić information content (AvgIpc) is 3.04. The van der Waals surface area contributed by atoms with Gasteiger partial charge < -0.3 is 14.9 Å². The smallest absolute Gasteiger partial charge is 0.306 e. The molecule has 4 atom stereocenters. The van der Waals surface area contributed by atoms with Crippen LogP contribution >= 0.6 is 0 Å². The normalized spacial score (nSPS) is 22.4. The molecule has 1 fully saturated rings. The van der Waals surface area contributed by atoms with Gasteiger partial charge in [0.25, 0.3) is 0 Å². The molecule has 1 aliphatic heterocycles. The van der Waals surface area contributed by atoms with Crippen LogP contribution in [0.2, 0.25) is 0 Å². The molecular weight excluding hydrogens is 389 g/mol. The molecule has 0 saturated carbocycles. The molecule has 1 aliphatic rings. The van der Waals surface area contributed by atoms with E-state index in [1.807, 2.05) is 0 Å². The van der Waals surface area contributed by atoms with E-state index in [0.29, 0.717) is 11.6 Å². The van der Waals surface area contributed by atoms with Gasteiger partial charge in [0, 0.05) is 23.9 Å². The molecule has 0 aliphatic carbocycles. The molecule has 29 heavy (non-hydrogen) atoms. The van der Waals surface area contributed by atoms with Gasteiger partial charge in [0.15, 0.2) is 11.6 Å². The lowest BCUT2D eigenvalue weighted by atomic mass is 9.77. The molecule has 4 unspecified atom stereocenters. The summed E-state index contributed by atoms with van der Waals surface area (Å²) in [4.78, 5) is 12.0. The molecule has 1 saturated heterocycles. The molecule has 3 rings (SSSR count). The summed E-state index contributed by atoms with van der Waals surface area (Å²) in [6.45, 7) is 0. The number of hydrogen-bond acceptors (Lipinski definition) is 6. The fraction of sp³-hybridized carbons (Fsp3) is 0.350. The Morgan fingerprint density at radius 2 is 1.76 bits per heavy atom. The van der Waals surface area contributed by atoms with Crippen molar-refractivity contribution in [3.05, 3.63) is 65.0 Å². The number of ether oxygens (including phenoxy) is 1. The Kier molecular flexibility index (Phi) is 6.41. The topological polar surface area (TPSA) is 90.8 Å². The molecule has 2 aromatic carbocycles. The summed E-state index contributed by atoms with van der Waals surface area (Å²) in [5, 5.41) is 20.0. The molecule has 0 amide bonds. The zero-order chi connectivity index (χ0) is 21.1. The standard InChI is InChI=1S/C20H21F3N2O4/c1-29-18(27)8-13(10-2-4-12(26)5-3-10)19-17(24-25-20(19)28)7-11-6-15(22)16(23)9-14(11)21/h2-6,9,13,17,19-20,24-26,28H,7-8H2,1H3. The first-order chi connectivity index (χ1) is 13.8. The van der Waals surface area contributed by atoms with E-state index in [1.165, 1.54) is 19.2 Å². The number of rotatable bonds is 6. The van der Waals surface area contributed by atoms with Crippen molar-refractivity contribution in [2.45, 2.75) is 31.0 Å². The largest absolute Gasteiger partial charge is 0.508 e. The Bertz CT molecular complexity index is 879. The van der Waals surface area contributed by atoms with E-state index < -0.39 is 47.5 Å². The summed E-state index contributed by atoms with van der Waals surface area (Å²) in [5.74, 6) is -5.03. The van der Waals surface area contributed by atoms with Crippen molar-refractivity contribution >= 4 is 5.97 Å². The van der Waals surface area contributed by atoms with Gasteiger partial charge in [-0.1, -0.05) is 12.1 Å². The first-order valence-corrected chi connectivity index (χ1v) is 8.98. The summed E-state index contributed by atoms with van der Waals surface area (Å²) in [6.07, 6.45) is -1.24. The lowest BCUT2D eigenvalue weighted by Gasteiger charge is -2.29. The fourth-order valence-corrected chi connectivity index (χ4v) is 3.71. The Morgan fingerprint density at radius 1 is 1.10 bits per heavy atom. The second-order valence-corrected chi connectivity index (χ2v) is 6.96. The molecule has 0 aromatic heterocycles. The van der Waals surface area contributed by atoms with E-state index in [4.69, 9.17) is 4.74 Å². The van der Waals surface area contributed by atoms with Gasteiger partial charge in [0.1, 0.15) is 17.8 Å². The average molecular weight is 410 g/mol. The van der Waals surface area contributed by atoms with Gasteiger partial charge in [-0.25, -0.2) is 18.6 Å². The minimum absolute atomic E-state index is 0.0363. The van der Waals surface area contributed by atoms with Crippen LogP contribution in [-0.2, 0) is 16.0 Å². The summed E-state index contributed by atoms with van der Waals surface area (Å²) in [5.41, 5.74) is 6.07. The number of hydrogen-bond donors (Lipinski definition) is 4. The van der Waals surface area contributed by atoms with Crippen molar-refractivity contribution in [2.24, 2.45) is 5.92 Å². The molecule has 0 radical (unpaired) electrons. The van der Waals surface area contributed by atoms with Crippen molar-refractivity contribution in [1.29, 1.82) is 0 Å². The minimum atomic E-state index is -1.28. The van der Waals surface area contributed by atoms with E-state index in [-0.39, 0.29) is 24.2 Å². The third-order valence-corrected chi connectivity index (χ3v) is 5.18. The van der Waals surface area contributed by atoms with Gasteiger partial charge in [-0.3, -0.25) is 10.2 Å². The van der Waals surface area contributed by atoms with Crippen LogP contribution < -0.4 is 10.9 Å². The van der Waals surface area contributed by atoms with Crippen molar-refractivity contribution in [2.75, 3.05) is 7.11 Å². The van der Waals surface area contributed by atoms with Crippen molar-refractivity contribution in [3.8, 4) is 5.75 Å². The Labute approximate surface area is 165 Å². The Morgan fingerprint density at radius 3 is 2.41 bits per heavy atom. The highest BCUT2D eigenvalue weighted by atomic mass is 19.2. The number of benzene rings is 2. The van der Waals surface area contributed by atoms with Crippen molar-refractivity contribution < 1.29 is 32.9 Å². The summed E-state index contributed by atoms with van der Waals surface area (Å²) < 4.78 is 45.7.